The zero-order valence-corrected chi connectivity index (χ0v) is 17.1. The molecule has 30 heavy (non-hydrogen) atoms. The van der Waals surface area contributed by atoms with E-state index in [0.717, 1.165) is 54.8 Å². The second-order valence-corrected chi connectivity index (χ2v) is 8.72. The Morgan fingerprint density at radius 2 is 2.07 bits per heavy atom. The minimum Gasteiger partial charge on any atom is -0.386 e. The molecule has 3 heterocycles. The third kappa shape index (κ3) is 3.33. The van der Waals surface area contributed by atoms with Crippen molar-refractivity contribution in [2.75, 3.05) is 18.0 Å². The van der Waals surface area contributed by atoms with Gasteiger partial charge in [0.05, 0.1) is 17.5 Å². The first-order valence-corrected chi connectivity index (χ1v) is 10.6. The summed E-state index contributed by atoms with van der Waals surface area (Å²) < 4.78 is 0. The van der Waals surface area contributed by atoms with Crippen LogP contribution in [0.15, 0.2) is 48.9 Å². The van der Waals surface area contributed by atoms with Crippen LogP contribution in [-0.2, 0) is 4.79 Å². The van der Waals surface area contributed by atoms with Gasteiger partial charge >= 0.3 is 0 Å². The molecule has 1 spiro atoms. The van der Waals surface area contributed by atoms with E-state index in [1.165, 1.54) is 0 Å². The molecule has 0 bridgehead atoms. The number of aromatic amines is 1. The number of benzene rings is 1. The Balaban J connectivity index is 1.28. The summed E-state index contributed by atoms with van der Waals surface area (Å²) in [7, 11) is 0. The number of rotatable bonds is 5. The smallest absolute Gasteiger partial charge is 0.224 e. The molecule has 1 unspecified atom stereocenters. The van der Waals surface area contributed by atoms with Crippen molar-refractivity contribution < 1.29 is 9.90 Å². The summed E-state index contributed by atoms with van der Waals surface area (Å²) in [6.07, 6.45) is 5.66. The molecule has 156 valence electrons. The standard InChI is InChI=1S/C23H27N5O2/c1-15(19(29)16-5-3-2-4-6-16)27-22(30)18-8-12-28(13-23(18)9-10-23)21-17-7-11-24-20(17)25-14-26-21/h2-7,11,14-15,18-19,29H,8-10,12-13H2,1H3,(H,27,30)(H,24,25,26)/t15-,18?,19+/m0/s1. The lowest BCUT2D eigenvalue weighted by Gasteiger charge is -2.39. The van der Waals surface area contributed by atoms with Gasteiger partial charge in [-0.2, -0.15) is 0 Å². The van der Waals surface area contributed by atoms with E-state index >= 15 is 0 Å². The Morgan fingerprint density at radius 3 is 2.83 bits per heavy atom. The number of carbonyl (C=O) groups is 1. The average Bonchev–Trinajstić information content (AvgIpc) is 3.34. The summed E-state index contributed by atoms with van der Waals surface area (Å²) in [6.45, 7) is 3.48. The van der Waals surface area contributed by atoms with Gasteiger partial charge in [-0.1, -0.05) is 30.3 Å². The normalized spacial score (nSPS) is 22.1. The van der Waals surface area contributed by atoms with Crippen molar-refractivity contribution in [3.63, 3.8) is 0 Å². The first kappa shape index (κ1) is 19.1. The van der Waals surface area contributed by atoms with Gasteiger partial charge in [-0.25, -0.2) is 9.97 Å². The number of hydrogen-bond acceptors (Lipinski definition) is 5. The van der Waals surface area contributed by atoms with Crippen molar-refractivity contribution in [1.82, 2.24) is 20.3 Å². The van der Waals surface area contributed by atoms with Crippen molar-refractivity contribution in [3.05, 3.63) is 54.5 Å². The molecular formula is C23H27N5O2. The number of nitrogens with zero attached hydrogens (tertiary/aromatic N) is 3. The van der Waals surface area contributed by atoms with Gasteiger partial charge in [-0.15, -0.1) is 0 Å². The van der Waals surface area contributed by atoms with Crippen molar-refractivity contribution in [1.29, 1.82) is 0 Å². The van der Waals surface area contributed by atoms with Gasteiger partial charge in [0.15, 0.2) is 0 Å². The third-order valence-corrected chi connectivity index (χ3v) is 6.76. The van der Waals surface area contributed by atoms with Crippen LogP contribution >= 0.6 is 0 Å². The average molecular weight is 406 g/mol. The second-order valence-electron chi connectivity index (χ2n) is 8.72. The van der Waals surface area contributed by atoms with Crippen LogP contribution in [0.2, 0.25) is 0 Å². The highest BCUT2D eigenvalue weighted by Crippen LogP contribution is 2.56. The zero-order valence-electron chi connectivity index (χ0n) is 17.1. The Labute approximate surface area is 175 Å². The Hall–Kier alpha value is -2.93. The van der Waals surface area contributed by atoms with E-state index in [2.05, 4.69) is 25.2 Å². The van der Waals surface area contributed by atoms with Crippen LogP contribution in [0, 0.1) is 11.3 Å². The fourth-order valence-corrected chi connectivity index (χ4v) is 4.87. The fourth-order valence-electron chi connectivity index (χ4n) is 4.87. The molecule has 2 aromatic heterocycles. The highest BCUT2D eigenvalue weighted by molar-refractivity contribution is 5.87. The van der Waals surface area contributed by atoms with Crippen LogP contribution < -0.4 is 10.2 Å². The first-order chi connectivity index (χ1) is 14.6. The molecule has 1 aromatic carbocycles. The molecule has 1 amide bonds. The molecule has 7 nitrogen and oxygen atoms in total. The number of aliphatic hydroxyl groups is 1. The lowest BCUT2D eigenvalue weighted by molar-refractivity contribution is -0.129. The summed E-state index contributed by atoms with van der Waals surface area (Å²) in [5.74, 6) is 0.978. The van der Waals surface area contributed by atoms with Gasteiger partial charge in [0.25, 0.3) is 0 Å². The summed E-state index contributed by atoms with van der Waals surface area (Å²) in [5.41, 5.74) is 1.67. The summed E-state index contributed by atoms with van der Waals surface area (Å²) in [5, 5.41) is 14.7. The van der Waals surface area contributed by atoms with E-state index < -0.39 is 6.10 Å². The minimum absolute atomic E-state index is 0.00727. The highest BCUT2D eigenvalue weighted by atomic mass is 16.3. The highest BCUT2D eigenvalue weighted by Gasteiger charge is 2.55. The lowest BCUT2D eigenvalue weighted by atomic mass is 9.81. The molecule has 3 N–H and O–H groups in total. The van der Waals surface area contributed by atoms with Crippen LogP contribution in [0.3, 0.4) is 0 Å². The monoisotopic (exact) mass is 405 g/mol. The topological polar surface area (TPSA) is 94.1 Å². The van der Waals surface area contributed by atoms with Crippen molar-refractivity contribution in [2.45, 2.75) is 38.3 Å². The van der Waals surface area contributed by atoms with Crippen LogP contribution in [0.25, 0.3) is 11.0 Å². The number of piperidine rings is 1. The van der Waals surface area contributed by atoms with Gasteiger partial charge in [0, 0.05) is 25.2 Å². The minimum atomic E-state index is -0.715. The van der Waals surface area contributed by atoms with E-state index in [1.807, 2.05) is 49.5 Å². The number of nitrogens with one attached hydrogen (secondary N) is 2. The Bertz CT molecular complexity index is 1050. The number of amides is 1. The SMILES string of the molecule is C[C@H](NC(=O)C1CCN(c2ncnc3[nH]ccc23)CC12CC2)[C@@H](O)c1ccccc1. The molecule has 3 atom stereocenters. The maximum absolute atomic E-state index is 13.1. The van der Waals surface area contributed by atoms with Gasteiger partial charge in [0.2, 0.25) is 5.91 Å². The summed E-state index contributed by atoms with van der Waals surface area (Å²) in [4.78, 5) is 27.4. The molecule has 5 rings (SSSR count). The number of hydrogen-bond donors (Lipinski definition) is 3. The largest absolute Gasteiger partial charge is 0.386 e. The van der Waals surface area contributed by atoms with Gasteiger partial charge in [-0.05, 0) is 43.2 Å². The van der Waals surface area contributed by atoms with Crippen molar-refractivity contribution >= 4 is 22.8 Å². The van der Waals surface area contributed by atoms with Crippen LogP contribution in [0.1, 0.15) is 37.9 Å². The Kier molecular flexibility index (Phi) is 4.70. The predicted molar refractivity (Wildman–Crippen MR) is 115 cm³/mol. The molecule has 7 heteroatoms. The number of H-pyrrole nitrogens is 1. The molecule has 2 aliphatic rings. The quantitative estimate of drug-likeness (QED) is 0.607. The summed E-state index contributed by atoms with van der Waals surface area (Å²) in [6, 6.07) is 11.2. The molecule has 3 aromatic rings. The molecule has 2 fully saturated rings. The van der Waals surface area contributed by atoms with E-state index in [1.54, 1.807) is 6.33 Å². The van der Waals surface area contributed by atoms with Gasteiger partial charge in [0.1, 0.15) is 17.8 Å². The molecule has 1 aliphatic heterocycles. The molecular weight excluding hydrogens is 378 g/mol. The maximum atomic E-state index is 13.1. The number of aliphatic hydroxyl groups excluding tert-OH is 1. The molecule has 0 radical (unpaired) electrons. The van der Waals surface area contributed by atoms with Crippen LogP contribution in [0.5, 0.6) is 0 Å². The second kappa shape index (κ2) is 7.40. The van der Waals surface area contributed by atoms with Crippen molar-refractivity contribution in [3.8, 4) is 0 Å². The lowest BCUT2D eigenvalue weighted by Crippen LogP contribution is -2.50. The fraction of sp³-hybridized carbons (Fsp3) is 0.435. The van der Waals surface area contributed by atoms with Crippen LogP contribution in [-0.4, -0.2) is 45.1 Å². The van der Waals surface area contributed by atoms with E-state index in [9.17, 15) is 9.90 Å². The van der Waals surface area contributed by atoms with E-state index in [4.69, 9.17) is 0 Å². The van der Waals surface area contributed by atoms with Gasteiger partial charge in [-0.3, -0.25) is 4.79 Å². The van der Waals surface area contributed by atoms with E-state index in [0.29, 0.717) is 0 Å². The maximum Gasteiger partial charge on any atom is 0.224 e. The van der Waals surface area contributed by atoms with Crippen LogP contribution in [0.4, 0.5) is 5.82 Å². The third-order valence-electron chi connectivity index (χ3n) is 6.76. The Morgan fingerprint density at radius 1 is 1.27 bits per heavy atom. The van der Waals surface area contributed by atoms with Gasteiger partial charge < -0.3 is 20.3 Å². The number of carbonyl (C=O) groups excluding carboxylic acids is 1. The molecule has 1 aliphatic carbocycles. The number of fused-ring (bicyclic) bond motifs is 1. The molecule has 1 saturated carbocycles. The molecule has 1 saturated heterocycles. The number of aromatic nitrogens is 3. The van der Waals surface area contributed by atoms with Crippen molar-refractivity contribution in [2.24, 2.45) is 11.3 Å². The predicted octanol–water partition coefficient (Wildman–Crippen LogP) is 2.80. The first-order valence-electron chi connectivity index (χ1n) is 10.6. The number of anilines is 1. The summed E-state index contributed by atoms with van der Waals surface area (Å²) >= 11 is 0. The van der Waals surface area contributed by atoms with E-state index in [-0.39, 0.29) is 23.3 Å². The zero-order chi connectivity index (χ0) is 20.7.